The Bertz CT molecular complexity index is 1360. The van der Waals surface area contributed by atoms with Crippen molar-refractivity contribution in [2.24, 2.45) is 4.99 Å². The highest BCUT2D eigenvalue weighted by molar-refractivity contribution is 7.97. The van der Waals surface area contributed by atoms with Crippen molar-refractivity contribution in [1.82, 2.24) is 14.9 Å². The summed E-state index contributed by atoms with van der Waals surface area (Å²) in [6, 6.07) is 14.5. The zero-order chi connectivity index (χ0) is 32.1. The predicted molar refractivity (Wildman–Crippen MR) is 180 cm³/mol. The first-order chi connectivity index (χ1) is 21.2. The Hall–Kier alpha value is -3.72. The molecule has 0 aliphatic heterocycles. The number of hydrogen-bond donors (Lipinski definition) is 2. The van der Waals surface area contributed by atoms with Gasteiger partial charge in [0.25, 0.3) is 0 Å². The minimum absolute atomic E-state index is 0.304. The zero-order valence-electron chi connectivity index (χ0n) is 27.1. The van der Waals surface area contributed by atoms with Crippen LogP contribution in [-0.2, 0) is 27.4 Å². The number of carbonyl (C=O) groups is 2. The monoisotopic (exact) mass is 620 g/mol. The van der Waals surface area contributed by atoms with Crippen molar-refractivity contribution in [2.75, 3.05) is 21.3 Å². The highest BCUT2D eigenvalue weighted by Gasteiger charge is 2.34. The third kappa shape index (κ3) is 9.39. The first kappa shape index (κ1) is 34.8. The second-order valence-corrected chi connectivity index (χ2v) is 12.2. The lowest BCUT2D eigenvalue weighted by atomic mass is 9.97. The molecule has 9 heteroatoms. The molecule has 8 nitrogen and oxygen atoms in total. The number of hydrogen-bond acceptors (Lipinski definition) is 7. The summed E-state index contributed by atoms with van der Waals surface area (Å²) in [5.74, 6) is 1.78. The number of rotatable bonds is 15. The van der Waals surface area contributed by atoms with E-state index >= 15 is 0 Å². The molecule has 0 spiro atoms. The summed E-state index contributed by atoms with van der Waals surface area (Å²) < 4.78 is 13.6. The molecule has 238 valence electrons. The molecular formula is C35H48N4O4S. The van der Waals surface area contributed by atoms with Crippen LogP contribution < -0.4 is 10.0 Å². The number of nitrogens with zero attached hydrogens (tertiary/aromatic N) is 2. The first-order valence-electron chi connectivity index (χ1n) is 15.3. The van der Waals surface area contributed by atoms with Gasteiger partial charge in [-0.25, -0.2) is 4.79 Å². The molecule has 1 amide bonds. The molecular weight excluding hydrogens is 572 g/mol. The molecule has 0 saturated heterocycles. The number of nitrogens with one attached hydrogen (secondary N) is 2. The van der Waals surface area contributed by atoms with Gasteiger partial charge in [-0.2, -0.15) is 0 Å². The van der Waals surface area contributed by atoms with Gasteiger partial charge in [-0.1, -0.05) is 69.2 Å². The number of benzene rings is 2. The molecule has 2 aromatic rings. The SMILES string of the molecule is C=C(NSc1ccccc1-c1ccc(CN(C)/C(CCCC)=N\C2(C=O)CCCC2)cc1CNC(=O)OC)/C(C)=C(/C)OC. The standard InChI is InChI=1S/C35H48N4O4S/c1-8-9-16-33(37-35(24-40)19-12-13-20-35)39(5)23-28-17-18-30(29(21-28)22-36-34(41)43-7)31-14-10-11-15-32(31)44-38-26(3)25(2)27(4)42-6/h10-11,14-15,17-18,21,24,38H,3,8-9,12-13,16,19-20,22-23H2,1-2,4-7H3,(H,36,41)/b27-25-,37-33-. The van der Waals surface area contributed by atoms with Gasteiger partial charge < -0.3 is 29.2 Å². The van der Waals surface area contributed by atoms with Crippen LogP contribution >= 0.6 is 11.9 Å². The average Bonchev–Trinajstić information content (AvgIpc) is 3.52. The van der Waals surface area contributed by atoms with E-state index in [-0.39, 0.29) is 0 Å². The number of carbonyl (C=O) groups excluding carboxylic acids is 2. The molecule has 0 radical (unpaired) electrons. The van der Waals surface area contributed by atoms with Crippen LogP contribution in [0.3, 0.4) is 0 Å². The fourth-order valence-corrected chi connectivity index (χ4v) is 6.08. The second-order valence-electron chi connectivity index (χ2n) is 11.3. The van der Waals surface area contributed by atoms with Gasteiger partial charge in [-0.15, -0.1) is 0 Å². The molecule has 1 aliphatic rings. The Balaban J connectivity index is 1.94. The lowest BCUT2D eigenvalue weighted by Crippen LogP contribution is -2.33. The lowest BCUT2D eigenvalue weighted by Gasteiger charge is -2.27. The number of amides is 1. The Kier molecular flexibility index (Phi) is 13.4. The van der Waals surface area contributed by atoms with Gasteiger partial charge in [0.15, 0.2) is 0 Å². The number of aliphatic imine (C=N–C) groups is 1. The Morgan fingerprint density at radius 3 is 2.50 bits per heavy atom. The van der Waals surface area contributed by atoms with Gasteiger partial charge in [0, 0.05) is 42.7 Å². The van der Waals surface area contributed by atoms with Gasteiger partial charge in [0.1, 0.15) is 17.7 Å². The number of alkyl carbamates (subject to hydrolysis) is 1. The summed E-state index contributed by atoms with van der Waals surface area (Å²) in [4.78, 5) is 32.4. The summed E-state index contributed by atoms with van der Waals surface area (Å²) in [7, 11) is 5.06. The Labute approximate surface area is 267 Å². The fourth-order valence-electron chi connectivity index (χ4n) is 5.26. The van der Waals surface area contributed by atoms with E-state index in [2.05, 4.69) is 65.8 Å². The van der Waals surface area contributed by atoms with Crippen LogP contribution in [-0.4, -0.2) is 49.9 Å². The van der Waals surface area contributed by atoms with Crippen molar-refractivity contribution in [2.45, 2.75) is 89.2 Å². The smallest absolute Gasteiger partial charge is 0.407 e. The lowest BCUT2D eigenvalue weighted by molar-refractivity contribution is -0.112. The summed E-state index contributed by atoms with van der Waals surface area (Å²) in [6.45, 7) is 11.1. The average molecular weight is 621 g/mol. The van der Waals surface area contributed by atoms with E-state index in [9.17, 15) is 9.59 Å². The second kappa shape index (κ2) is 16.9. The van der Waals surface area contributed by atoms with Crippen LogP contribution in [0.2, 0.25) is 0 Å². The topological polar surface area (TPSA) is 92.3 Å². The Morgan fingerprint density at radius 2 is 1.84 bits per heavy atom. The van der Waals surface area contributed by atoms with Crippen molar-refractivity contribution in [3.8, 4) is 11.1 Å². The molecule has 2 aromatic carbocycles. The van der Waals surface area contributed by atoms with E-state index in [4.69, 9.17) is 14.5 Å². The molecule has 2 N–H and O–H groups in total. The van der Waals surface area contributed by atoms with E-state index in [1.54, 1.807) is 7.11 Å². The normalized spacial score (nSPS) is 14.8. The van der Waals surface area contributed by atoms with Crippen molar-refractivity contribution in [3.63, 3.8) is 0 Å². The van der Waals surface area contributed by atoms with Crippen molar-refractivity contribution in [3.05, 3.63) is 77.2 Å². The van der Waals surface area contributed by atoms with Crippen LogP contribution in [0.4, 0.5) is 4.79 Å². The van der Waals surface area contributed by atoms with Crippen LogP contribution in [0, 0.1) is 0 Å². The molecule has 0 atom stereocenters. The molecule has 44 heavy (non-hydrogen) atoms. The third-order valence-corrected chi connectivity index (χ3v) is 9.11. The summed E-state index contributed by atoms with van der Waals surface area (Å²) in [5.41, 5.74) is 5.21. The number of ether oxygens (including phenoxy) is 2. The maximum absolute atomic E-state index is 12.1. The molecule has 0 heterocycles. The number of aldehydes is 1. The van der Waals surface area contributed by atoms with Gasteiger partial charge >= 0.3 is 6.09 Å². The minimum Gasteiger partial charge on any atom is -0.501 e. The maximum atomic E-state index is 12.1. The summed E-state index contributed by atoms with van der Waals surface area (Å²) >= 11 is 1.48. The van der Waals surface area contributed by atoms with E-state index < -0.39 is 11.6 Å². The molecule has 0 bridgehead atoms. The zero-order valence-corrected chi connectivity index (χ0v) is 27.9. The minimum atomic E-state index is -0.589. The van der Waals surface area contributed by atoms with Gasteiger partial charge in [-0.05, 0) is 73.4 Å². The maximum Gasteiger partial charge on any atom is 0.407 e. The Morgan fingerprint density at radius 1 is 1.11 bits per heavy atom. The van der Waals surface area contributed by atoms with Crippen molar-refractivity contribution < 1.29 is 19.1 Å². The van der Waals surface area contributed by atoms with Crippen LogP contribution in [0.1, 0.15) is 76.8 Å². The van der Waals surface area contributed by atoms with Gasteiger partial charge in [-0.3, -0.25) is 4.99 Å². The molecule has 1 fully saturated rings. The van der Waals surface area contributed by atoms with Crippen LogP contribution in [0.25, 0.3) is 11.1 Å². The van der Waals surface area contributed by atoms with E-state index in [0.29, 0.717) is 13.1 Å². The molecule has 1 saturated carbocycles. The number of methoxy groups -OCH3 is 2. The molecule has 0 aromatic heterocycles. The van der Waals surface area contributed by atoms with Crippen molar-refractivity contribution >= 4 is 30.2 Å². The van der Waals surface area contributed by atoms with E-state index in [0.717, 1.165) is 101 Å². The summed E-state index contributed by atoms with van der Waals surface area (Å²) in [6.07, 6.45) is 7.19. The predicted octanol–water partition coefficient (Wildman–Crippen LogP) is 7.79. The van der Waals surface area contributed by atoms with Gasteiger partial charge in [0.05, 0.1) is 20.0 Å². The molecule has 1 aliphatic carbocycles. The number of unbranched alkanes of at least 4 members (excludes halogenated alkanes) is 1. The number of allylic oxidation sites excluding steroid dienone is 2. The van der Waals surface area contributed by atoms with Gasteiger partial charge in [0.2, 0.25) is 0 Å². The summed E-state index contributed by atoms with van der Waals surface area (Å²) in [5, 5.41) is 2.86. The van der Waals surface area contributed by atoms with Crippen LogP contribution in [0.15, 0.2) is 76.0 Å². The molecule has 3 rings (SSSR count). The van der Waals surface area contributed by atoms with E-state index in [1.165, 1.54) is 19.1 Å². The molecule has 0 unspecified atom stereocenters. The third-order valence-electron chi connectivity index (χ3n) is 8.18. The fraction of sp³-hybridized carbons (Fsp3) is 0.457. The number of amidine groups is 1. The van der Waals surface area contributed by atoms with Crippen LogP contribution in [0.5, 0.6) is 0 Å². The first-order valence-corrected chi connectivity index (χ1v) is 16.1. The van der Waals surface area contributed by atoms with E-state index in [1.807, 2.05) is 26.0 Å². The largest absolute Gasteiger partial charge is 0.501 e. The van der Waals surface area contributed by atoms with Crippen molar-refractivity contribution in [1.29, 1.82) is 0 Å². The highest BCUT2D eigenvalue weighted by Crippen LogP contribution is 2.35. The quantitative estimate of drug-likeness (QED) is 0.0524. The highest BCUT2D eigenvalue weighted by atomic mass is 32.2.